The number of carbonyl (C=O) groups excluding carboxylic acids is 2. The molecule has 137 valence electrons. The van der Waals surface area contributed by atoms with E-state index in [1.165, 1.54) is 6.07 Å². The van der Waals surface area contributed by atoms with Crippen molar-refractivity contribution in [1.82, 2.24) is 0 Å². The summed E-state index contributed by atoms with van der Waals surface area (Å²) in [6, 6.07) is 14.8. The van der Waals surface area contributed by atoms with Crippen LogP contribution in [0.15, 0.2) is 52.9 Å². The van der Waals surface area contributed by atoms with E-state index in [2.05, 4.69) is 0 Å². The molecule has 3 rings (SSSR count). The summed E-state index contributed by atoms with van der Waals surface area (Å²) in [7, 11) is 1.64. The number of primary amides is 1. The highest BCUT2D eigenvalue weighted by atomic mass is 16.5. The normalized spacial score (nSPS) is 10.4. The van der Waals surface area contributed by atoms with Gasteiger partial charge in [-0.2, -0.15) is 0 Å². The SMILES string of the molecule is COc1ccc(-c2ccc(OCc3cc([C]=O)oc3C(N)=O)cc2)c(C)c1. The number of methoxy groups -OCH3 is 1. The molecule has 0 unspecified atom stereocenters. The molecule has 0 fully saturated rings. The predicted octanol–water partition coefficient (Wildman–Crippen LogP) is 3.40. The lowest BCUT2D eigenvalue weighted by Crippen LogP contribution is -2.12. The summed E-state index contributed by atoms with van der Waals surface area (Å²) in [5.41, 5.74) is 8.88. The van der Waals surface area contributed by atoms with Gasteiger partial charge in [0.05, 0.1) is 7.11 Å². The van der Waals surface area contributed by atoms with Crippen molar-refractivity contribution in [3.8, 4) is 22.6 Å². The summed E-state index contributed by atoms with van der Waals surface area (Å²) >= 11 is 0. The van der Waals surface area contributed by atoms with E-state index >= 15 is 0 Å². The number of furan rings is 1. The van der Waals surface area contributed by atoms with Crippen LogP contribution in [-0.2, 0) is 11.4 Å². The molecule has 0 spiro atoms. The molecule has 0 aliphatic heterocycles. The minimum absolute atomic E-state index is 0.0460. The third kappa shape index (κ3) is 4.00. The molecule has 2 N–H and O–H groups in total. The molecule has 0 saturated heterocycles. The fourth-order valence-electron chi connectivity index (χ4n) is 2.77. The van der Waals surface area contributed by atoms with E-state index in [0.717, 1.165) is 22.4 Å². The standard InChI is InChI=1S/C21H18NO5/c1-13-9-17(25-2)7-8-19(13)14-3-5-16(6-4-14)26-12-15-10-18(11-23)27-20(15)21(22)24/h3-10H,12H2,1-2H3,(H2,22,24). The number of rotatable bonds is 7. The maximum Gasteiger partial charge on any atom is 0.284 e. The molecule has 1 heterocycles. The van der Waals surface area contributed by atoms with Crippen molar-refractivity contribution in [3.05, 3.63) is 71.2 Å². The fourth-order valence-corrected chi connectivity index (χ4v) is 2.77. The fraction of sp³-hybridized carbons (Fsp3) is 0.143. The van der Waals surface area contributed by atoms with Crippen LogP contribution in [0.3, 0.4) is 0 Å². The highest BCUT2D eigenvalue weighted by Crippen LogP contribution is 2.28. The Bertz CT molecular complexity index is 973. The number of hydrogen-bond acceptors (Lipinski definition) is 5. The van der Waals surface area contributed by atoms with Crippen LogP contribution in [0.5, 0.6) is 11.5 Å². The monoisotopic (exact) mass is 364 g/mol. The zero-order valence-corrected chi connectivity index (χ0v) is 14.9. The Morgan fingerprint density at radius 1 is 1.11 bits per heavy atom. The Morgan fingerprint density at radius 3 is 2.41 bits per heavy atom. The molecular formula is C21H18NO5. The lowest BCUT2D eigenvalue weighted by atomic mass is 10.0. The van der Waals surface area contributed by atoms with Crippen LogP contribution >= 0.6 is 0 Å². The molecule has 0 bridgehead atoms. The number of nitrogens with two attached hydrogens (primary N) is 1. The van der Waals surface area contributed by atoms with E-state index in [1.807, 2.05) is 49.4 Å². The van der Waals surface area contributed by atoms with Crippen molar-refractivity contribution in [1.29, 1.82) is 0 Å². The number of amides is 1. The van der Waals surface area contributed by atoms with Gasteiger partial charge in [0.2, 0.25) is 0 Å². The van der Waals surface area contributed by atoms with Crippen molar-refractivity contribution in [2.75, 3.05) is 7.11 Å². The summed E-state index contributed by atoms with van der Waals surface area (Å²) in [5, 5.41) is 0. The van der Waals surface area contributed by atoms with Crippen molar-refractivity contribution >= 4 is 12.2 Å². The Balaban J connectivity index is 1.74. The topological polar surface area (TPSA) is 91.8 Å². The Morgan fingerprint density at radius 2 is 1.81 bits per heavy atom. The van der Waals surface area contributed by atoms with Crippen LogP contribution in [0, 0.1) is 6.92 Å². The molecule has 1 radical (unpaired) electrons. The second kappa shape index (κ2) is 7.78. The highest BCUT2D eigenvalue weighted by Gasteiger charge is 2.16. The number of ether oxygens (including phenoxy) is 2. The van der Waals surface area contributed by atoms with Crippen molar-refractivity contribution < 1.29 is 23.5 Å². The Kier molecular flexibility index (Phi) is 5.26. The molecule has 6 nitrogen and oxygen atoms in total. The van der Waals surface area contributed by atoms with Gasteiger partial charge in [-0.15, -0.1) is 0 Å². The van der Waals surface area contributed by atoms with Crippen LogP contribution in [0.1, 0.15) is 27.4 Å². The first-order valence-electron chi connectivity index (χ1n) is 8.20. The van der Waals surface area contributed by atoms with Crippen molar-refractivity contribution in [3.63, 3.8) is 0 Å². The number of hydrogen-bond donors (Lipinski definition) is 1. The second-order valence-electron chi connectivity index (χ2n) is 5.93. The maximum absolute atomic E-state index is 11.4. The van der Waals surface area contributed by atoms with Gasteiger partial charge in [0.15, 0.2) is 11.5 Å². The number of benzene rings is 2. The molecule has 2 aromatic carbocycles. The summed E-state index contributed by atoms with van der Waals surface area (Å²) in [5.74, 6) is 0.471. The van der Waals surface area contributed by atoms with Gasteiger partial charge in [-0.3, -0.25) is 9.59 Å². The van der Waals surface area contributed by atoms with Crippen LogP contribution < -0.4 is 15.2 Å². The maximum atomic E-state index is 11.4. The van der Waals surface area contributed by atoms with Crippen molar-refractivity contribution in [2.24, 2.45) is 5.73 Å². The van der Waals surface area contributed by atoms with Crippen LogP contribution in [-0.4, -0.2) is 19.3 Å². The molecular weight excluding hydrogens is 346 g/mol. The van der Waals surface area contributed by atoms with Gasteiger partial charge in [-0.05, 0) is 53.9 Å². The van der Waals surface area contributed by atoms with Gasteiger partial charge in [-0.25, -0.2) is 0 Å². The first kappa shape index (κ1) is 18.3. The molecule has 0 aliphatic rings. The second-order valence-corrected chi connectivity index (χ2v) is 5.93. The lowest BCUT2D eigenvalue weighted by Gasteiger charge is -2.10. The molecule has 3 aromatic rings. The van der Waals surface area contributed by atoms with Crippen LogP contribution in [0.4, 0.5) is 0 Å². The van der Waals surface area contributed by atoms with Gasteiger partial charge in [-0.1, -0.05) is 18.2 Å². The molecule has 1 amide bonds. The van der Waals surface area contributed by atoms with Gasteiger partial charge in [0, 0.05) is 5.56 Å². The molecule has 1 aromatic heterocycles. The van der Waals surface area contributed by atoms with Crippen molar-refractivity contribution in [2.45, 2.75) is 13.5 Å². The van der Waals surface area contributed by atoms with E-state index in [1.54, 1.807) is 13.4 Å². The Hall–Kier alpha value is -3.54. The Labute approximate surface area is 156 Å². The van der Waals surface area contributed by atoms with Crippen LogP contribution in [0.2, 0.25) is 0 Å². The summed E-state index contributed by atoms with van der Waals surface area (Å²) < 4.78 is 15.9. The third-order valence-electron chi connectivity index (χ3n) is 4.13. The zero-order chi connectivity index (χ0) is 19.4. The first-order chi connectivity index (χ1) is 13.0. The zero-order valence-electron chi connectivity index (χ0n) is 14.9. The van der Waals surface area contributed by atoms with Gasteiger partial charge in [0.1, 0.15) is 18.1 Å². The highest BCUT2D eigenvalue weighted by molar-refractivity contribution is 5.92. The van der Waals surface area contributed by atoms with Gasteiger partial charge >= 0.3 is 0 Å². The average molecular weight is 364 g/mol. The minimum atomic E-state index is -0.763. The summed E-state index contributed by atoms with van der Waals surface area (Å²) in [4.78, 5) is 22.1. The van der Waals surface area contributed by atoms with E-state index in [-0.39, 0.29) is 18.1 Å². The van der Waals surface area contributed by atoms with E-state index in [4.69, 9.17) is 19.6 Å². The van der Waals surface area contributed by atoms with E-state index in [0.29, 0.717) is 11.3 Å². The predicted molar refractivity (Wildman–Crippen MR) is 99.5 cm³/mol. The van der Waals surface area contributed by atoms with Gasteiger partial charge < -0.3 is 19.6 Å². The van der Waals surface area contributed by atoms with E-state index in [9.17, 15) is 9.59 Å². The van der Waals surface area contributed by atoms with E-state index < -0.39 is 5.91 Å². The molecule has 6 heteroatoms. The van der Waals surface area contributed by atoms with Gasteiger partial charge in [0.25, 0.3) is 12.2 Å². The molecule has 27 heavy (non-hydrogen) atoms. The molecule has 0 atom stereocenters. The lowest BCUT2D eigenvalue weighted by molar-refractivity contribution is 0.0970. The quantitative estimate of drug-likeness (QED) is 0.694. The third-order valence-corrected chi connectivity index (χ3v) is 4.13. The smallest absolute Gasteiger partial charge is 0.284 e. The minimum Gasteiger partial charge on any atom is -0.497 e. The number of carbonyl (C=O) groups is 1. The largest absolute Gasteiger partial charge is 0.497 e. The summed E-state index contributed by atoms with van der Waals surface area (Å²) in [6.07, 6.45) is 1.59. The first-order valence-corrected chi connectivity index (χ1v) is 8.20. The summed E-state index contributed by atoms with van der Waals surface area (Å²) in [6.45, 7) is 2.07. The molecule has 0 aliphatic carbocycles. The molecule has 0 saturated carbocycles. The number of aryl methyl sites for hydroxylation is 1. The van der Waals surface area contributed by atoms with Crippen LogP contribution in [0.25, 0.3) is 11.1 Å². The average Bonchev–Trinajstić information content (AvgIpc) is 3.10.